The van der Waals surface area contributed by atoms with E-state index >= 15 is 0 Å². The molecule has 1 aromatic heterocycles. The van der Waals surface area contributed by atoms with Crippen molar-refractivity contribution >= 4 is 17.5 Å². The first-order valence-corrected chi connectivity index (χ1v) is 10.3. The lowest BCUT2D eigenvalue weighted by Crippen LogP contribution is -2.25. The smallest absolute Gasteiger partial charge is 0.251 e. The molecule has 28 heavy (non-hydrogen) atoms. The number of ether oxygens (including phenoxy) is 2. The number of carbonyl (C=O) groups is 1. The molecule has 2 heterocycles. The molecule has 0 radical (unpaired) electrons. The van der Waals surface area contributed by atoms with Crippen LogP contribution in [0.4, 0.5) is 0 Å². The van der Waals surface area contributed by atoms with Gasteiger partial charge in [-0.25, -0.2) is 0 Å². The van der Waals surface area contributed by atoms with Crippen molar-refractivity contribution in [1.29, 1.82) is 0 Å². The largest absolute Gasteiger partial charge is 0.490 e. The summed E-state index contributed by atoms with van der Waals surface area (Å²) in [6.07, 6.45) is 5.23. The second-order valence-electron chi connectivity index (χ2n) is 6.74. The molecular weight excluding hydrogens is 380 g/mol. The Morgan fingerprint density at radius 3 is 2.86 bits per heavy atom. The minimum atomic E-state index is -0.240. The minimum Gasteiger partial charge on any atom is -0.490 e. The number of fused-ring (bicyclic) bond motifs is 1. The van der Waals surface area contributed by atoms with E-state index < -0.39 is 0 Å². The van der Waals surface area contributed by atoms with E-state index in [1.165, 1.54) is 6.42 Å². The quantitative estimate of drug-likeness (QED) is 0.721. The van der Waals surface area contributed by atoms with Crippen LogP contribution in [0.15, 0.2) is 12.1 Å². The number of nitrogens with zero attached hydrogens (tertiary/aromatic N) is 3. The third-order valence-electron chi connectivity index (χ3n) is 4.62. The van der Waals surface area contributed by atoms with Crippen molar-refractivity contribution in [3.05, 3.63) is 34.4 Å². The summed E-state index contributed by atoms with van der Waals surface area (Å²) in [6, 6.07) is 3.27. The van der Waals surface area contributed by atoms with Gasteiger partial charge in [-0.1, -0.05) is 24.9 Å². The van der Waals surface area contributed by atoms with Gasteiger partial charge in [0.25, 0.3) is 5.91 Å². The summed E-state index contributed by atoms with van der Waals surface area (Å²) in [5.41, 5.74) is 0.424. The molecule has 0 saturated carbocycles. The fourth-order valence-electron chi connectivity index (χ4n) is 3.24. The molecule has 152 valence electrons. The number of aromatic nitrogens is 3. The molecule has 1 aliphatic heterocycles. The summed E-state index contributed by atoms with van der Waals surface area (Å²) in [7, 11) is 0. The van der Waals surface area contributed by atoms with E-state index in [4.69, 9.17) is 21.1 Å². The maximum absolute atomic E-state index is 12.7. The van der Waals surface area contributed by atoms with Gasteiger partial charge in [0.05, 0.1) is 24.8 Å². The molecule has 0 aliphatic carbocycles. The maximum Gasteiger partial charge on any atom is 0.251 e. The maximum atomic E-state index is 12.7. The fraction of sp³-hybridized carbons (Fsp3) is 0.550. The zero-order valence-corrected chi connectivity index (χ0v) is 17.2. The molecule has 8 heteroatoms. The Hall–Kier alpha value is -2.28. The van der Waals surface area contributed by atoms with Gasteiger partial charge >= 0.3 is 0 Å². The SMILES string of the molecule is CCCOc1c(Cl)cc(C(=O)NCc2nnc3n2CCCCC3)cc1OCC. The third kappa shape index (κ3) is 4.76. The van der Waals surface area contributed by atoms with E-state index in [0.717, 1.165) is 43.9 Å². The van der Waals surface area contributed by atoms with Gasteiger partial charge in [0, 0.05) is 18.5 Å². The molecule has 1 N–H and O–H groups in total. The van der Waals surface area contributed by atoms with Gasteiger partial charge < -0.3 is 19.4 Å². The van der Waals surface area contributed by atoms with E-state index in [2.05, 4.69) is 20.1 Å². The molecule has 1 aromatic carbocycles. The first-order chi connectivity index (χ1) is 13.6. The van der Waals surface area contributed by atoms with Crippen molar-refractivity contribution in [2.75, 3.05) is 13.2 Å². The zero-order chi connectivity index (χ0) is 19.9. The molecule has 0 bridgehead atoms. The lowest BCUT2D eigenvalue weighted by atomic mass is 10.2. The lowest BCUT2D eigenvalue weighted by molar-refractivity contribution is 0.0949. The van der Waals surface area contributed by atoms with Crippen LogP contribution in [0.1, 0.15) is 61.5 Å². The van der Waals surface area contributed by atoms with Crippen LogP contribution < -0.4 is 14.8 Å². The van der Waals surface area contributed by atoms with Crippen molar-refractivity contribution in [2.45, 2.75) is 59.0 Å². The Morgan fingerprint density at radius 1 is 1.21 bits per heavy atom. The number of hydrogen-bond acceptors (Lipinski definition) is 5. The number of nitrogens with one attached hydrogen (secondary N) is 1. The average molecular weight is 407 g/mol. The number of aryl methyl sites for hydroxylation is 1. The van der Waals surface area contributed by atoms with Gasteiger partial charge in [-0.2, -0.15) is 0 Å². The van der Waals surface area contributed by atoms with E-state index in [9.17, 15) is 4.79 Å². The predicted molar refractivity (Wildman–Crippen MR) is 107 cm³/mol. The summed E-state index contributed by atoms with van der Waals surface area (Å²) in [4.78, 5) is 12.7. The number of hydrogen-bond donors (Lipinski definition) is 1. The Labute approximate surface area is 170 Å². The first kappa shape index (κ1) is 20.5. The molecule has 2 aromatic rings. The standard InChI is InChI=1S/C20H27ClN4O3/c1-3-10-28-19-15(21)11-14(12-16(19)27-4-2)20(26)22-13-18-24-23-17-8-6-5-7-9-25(17)18/h11-12H,3-10,13H2,1-2H3,(H,22,26). The normalized spacial score (nSPS) is 13.5. The number of rotatable bonds is 8. The number of halogens is 1. The van der Waals surface area contributed by atoms with Gasteiger partial charge in [0.2, 0.25) is 0 Å². The van der Waals surface area contributed by atoms with Crippen molar-refractivity contribution in [3.63, 3.8) is 0 Å². The lowest BCUT2D eigenvalue weighted by Gasteiger charge is -2.15. The van der Waals surface area contributed by atoms with Gasteiger partial charge in [-0.3, -0.25) is 4.79 Å². The van der Waals surface area contributed by atoms with Crippen LogP contribution >= 0.6 is 11.6 Å². The highest BCUT2D eigenvalue weighted by atomic mass is 35.5. The minimum absolute atomic E-state index is 0.240. The summed E-state index contributed by atoms with van der Waals surface area (Å²) < 4.78 is 13.4. The number of benzene rings is 1. The Kier molecular flexibility index (Phi) is 7.14. The molecular formula is C20H27ClN4O3. The highest BCUT2D eigenvalue weighted by Gasteiger charge is 2.18. The Bertz CT molecular complexity index is 822. The Morgan fingerprint density at radius 2 is 2.07 bits per heavy atom. The van der Waals surface area contributed by atoms with E-state index in [1.54, 1.807) is 12.1 Å². The van der Waals surface area contributed by atoms with Gasteiger partial charge in [0.15, 0.2) is 17.3 Å². The van der Waals surface area contributed by atoms with E-state index in [0.29, 0.717) is 41.8 Å². The predicted octanol–water partition coefficient (Wildman–Crippen LogP) is 3.78. The molecule has 3 rings (SSSR count). The van der Waals surface area contributed by atoms with Crippen LogP contribution in [-0.4, -0.2) is 33.9 Å². The zero-order valence-electron chi connectivity index (χ0n) is 16.5. The molecule has 7 nitrogen and oxygen atoms in total. The monoisotopic (exact) mass is 406 g/mol. The van der Waals surface area contributed by atoms with Crippen LogP contribution in [0.2, 0.25) is 5.02 Å². The van der Waals surface area contributed by atoms with Crippen LogP contribution in [-0.2, 0) is 19.5 Å². The number of carbonyl (C=O) groups excluding carboxylic acids is 1. The second-order valence-corrected chi connectivity index (χ2v) is 7.15. The van der Waals surface area contributed by atoms with Gasteiger partial charge in [0.1, 0.15) is 5.82 Å². The molecule has 0 spiro atoms. The molecule has 0 fully saturated rings. The summed E-state index contributed by atoms with van der Waals surface area (Å²) in [5, 5.41) is 11.8. The first-order valence-electron chi connectivity index (χ1n) is 9.92. The summed E-state index contributed by atoms with van der Waals surface area (Å²) in [6.45, 7) is 6.10. The van der Waals surface area contributed by atoms with Crippen molar-refractivity contribution in [3.8, 4) is 11.5 Å². The van der Waals surface area contributed by atoms with Crippen molar-refractivity contribution in [1.82, 2.24) is 20.1 Å². The van der Waals surface area contributed by atoms with Crippen LogP contribution in [0.25, 0.3) is 0 Å². The van der Waals surface area contributed by atoms with Crippen LogP contribution in [0, 0.1) is 0 Å². The highest BCUT2D eigenvalue weighted by Crippen LogP contribution is 2.36. The Balaban J connectivity index is 1.73. The second kappa shape index (κ2) is 9.78. The van der Waals surface area contributed by atoms with Gasteiger partial charge in [-0.15, -0.1) is 10.2 Å². The van der Waals surface area contributed by atoms with Crippen molar-refractivity contribution < 1.29 is 14.3 Å². The van der Waals surface area contributed by atoms with Crippen molar-refractivity contribution in [2.24, 2.45) is 0 Å². The van der Waals surface area contributed by atoms with E-state index in [1.807, 2.05) is 13.8 Å². The third-order valence-corrected chi connectivity index (χ3v) is 4.90. The molecule has 1 amide bonds. The summed E-state index contributed by atoms with van der Waals surface area (Å²) >= 11 is 6.35. The fourth-order valence-corrected chi connectivity index (χ4v) is 3.51. The average Bonchev–Trinajstić information content (AvgIpc) is 2.91. The van der Waals surface area contributed by atoms with Crippen LogP contribution in [0.3, 0.4) is 0 Å². The molecule has 1 aliphatic rings. The number of amides is 1. The highest BCUT2D eigenvalue weighted by molar-refractivity contribution is 6.32. The summed E-state index contributed by atoms with van der Waals surface area (Å²) in [5.74, 6) is 2.50. The topological polar surface area (TPSA) is 78.3 Å². The molecule has 0 atom stereocenters. The van der Waals surface area contributed by atoms with Crippen LogP contribution in [0.5, 0.6) is 11.5 Å². The van der Waals surface area contributed by atoms with Gasteiger partial charge in [-0.05, 0) is 38.3 Å². The van der Waals surface area contributed by atoms with E-state index in [-0.39, 0.29) is 5.91 Å². The molecule has 0 saturated heterocycles. The molecule has 0 unspecified atom stereocenters.